The summed E-state index contributed by atoms with van der Waals surface area (Å²) in [4.78, 5) is 29.8. The van der Waals surface area contributed by atoms with Crippen LogP contribution in [0.1, 0.15) is 26.8 Å². The summed E-state index contributed by atoms with van der Waals surface area (Å²) in [5.74, 6) is 0.564. The molecule has 2 aromatic rings. The van der Waals surface area contributed by atoms with E-state index >= 15 is 0 Å². The molecule has 3 rings (SSSR count). The maximum atomic E-state index is 12.9. The van der Waals surface area contributed by atoms with E-state index < -0.39 is 0 Å². The highest BCUT2D eigenvalue weighted by Gasteiger charge is 2.28. The van der Waals surface area contributed by atoms with Crippen molar-refractivity contribution >= 4 is 22.8 Å². The van der Waals surface area contributed by atoms with Crippen LogP contribution in [0, 0.1) is 0 Å². The van der Waals surface area contributed by atoms with Crippen LogP contribution >= 0.6 is 0 Å². The second-order valence-electron chi connectivity index (χ2n) is 5.72. The average molecular weight is 316 g/mol. The zero-order chi connectivity index (χ0) is 16.9. The number of aromatic nitrogens is 4. The van der Waals surface area contributed by atoms with Crippen LogP contribution in [0.4, 0.5) is 5.95 Å². The highest BCUT2D eigenvalue weighted by Crippen LogP contribution is 2.28. The molecule has 0 spiro atoms. The summed E-state index contributed by atoms with van der Waals surface area (Å²) < 4.78 is 4.50. The molecule has 1 aliphatic heterocycles. The van der Waals surface area contributed by atoms with Crippen molar-refractivity contribution in [2.24, 2.45) is 12.1 Å². The van der Waals surface area contributed by atoms with Gasteiger partial charge in [-0.3, -0.25) is 18.5 Å². The Hall–Kier alpha value is -2.64. The van der Waals surface area contributed by atoms with Gasteiger partial charge in [-0.25, -0.2) is 9.80 Å². The monoisotopic (exact) mass is 316 g/mol. The highest BCUT2D eigenvalue weighted by molar-refractivity contribution is 5.90. The van der Waals surface area contributed by atoms with Gasteiger partial charge in [0.25, 0.3) is 5.56 Å². The topological polar surface area (TPSA) is 77.4 Å². The maximum absolute atomic E-state index is 12.9. The Bertz CT molecular complexity index is 959. The Morgan fingerprint density at radius 1 is 1.26 bits per heavy atom. The number of allylic oxidation sites excluding steroid dienone is 2. The van der Waals surface area contributed by atoms with E-state index in [9.17, 15) is 9.59 Å². The van der Waals surface area contributed by atoms with Gasteiger partial charge < -0.3 is 0 Å². The zero-order valence-corrected chi connectivity index (χ0v) is 13.9. The molecule has 1 aliphatic rings. The number of nitrogens with zero attached hydrogens (tertiary/aromatic N) is 6. The summed E-state index contributed by atoms with van der Waals surface area (Å²) in [5, 5.41) is 6.05. The van der Waals surface area contributed by atoms with Crippen LogP contribution in [-0.4, -0.2) is 31.4 Å². The summed E-state index contributed by atoms with van der Waals surface area (Å²) >= 11 is 0. The molecule has 0 aromatic carbocycles. The van der Waals surface area contributed by atoms with Crippen molar-refractivity contribution in [1.82, 2.24) is 18.7 Å². The van der Waals surface area contributed by atoms with E-state index in [-0.39, 0.29) is 23.8 Å². The molecule has 0 saturated carbocycles. The Morgan fingerprint density at radius 3 is 2.61 bits per heavy atom. The van der Waals surface area contributed by atoms with E-state index in [1.54, 1.807) is 25.2 Å². The van der Waals surface area contributed by atoms with Crippen molar-refractivity contribution in [3.8, 4) is 0 Å². The first kappa shape index (κ1) is 15.3. The third-order valence-corrected chi connectivity index (χ3v) is 4.27. The summed E-state index contributed by atoms with van der Waals surface area (Å²) in [6.07, 6.45) is 3.60. The van der Waals surface area contributed by atoms with Crippen molar-refractivity contribution in [1.29, 1.82) is 0 Å². The van der Waals surface area contributed by atoms with Crippen molar-refractivity contribution in [2.75, 3.05) is 12.1 Å². The number of fused-ring (bicyclic) bond motifs is 3. The standard InChI is InChI=1S/C15H20N6O2/c1-6-7-8-20-13(22)11-12(18(4)15(20)23)16-14-19(5)17-9(2)10(3)21(11)14/h6-7,10H,8H2,1-5H3/b7-6+/t10-/m1/s1. The Balaban J connectivity index is 2.44. The molecule has 1 atom stereocenters. The van der Waals surface area contributed by atoms with Crippen molar-refractivity contribution in [2.45, 2.75) is 33.4 Å². The third-order valence-electron chi connectivity index (χ3n) is 4.27. The molecule has 0 bridgehead atoms. The van der Waals surface area contributed by atoms with Gasteiger partial charge in [0.1, 0.15) is 0 Å². The fourth-order valence-corrected chi connectivity index (χ4v) is 2.85. The van der Waals surface area contributed by atoms with Crippen molar-refractivity contribution < 1.29 is 0 Å². The summed E-state index contributed by atoms with van der Waals surface area (Å²) in [6.45, 7) is 5.98. The number of anilines is 1. The fourth-order valence-electron chi connectivity index (χ4n) is 2.85. The van der Waals surface area contributed by atoms with Crippen LogP contribution in [0.15, 0.2) is 26.8 Å². The lowest BCUT2D eigenvalue weighted by atomic mass is 10.2. The minimum atomic E-state index is -0.371. The zero-order valence-electron chi connectivity index (χ0n) is 13.9. The predicted octanol–water partition coefficient (Wildman–Crippen LogP) is 0.859. The van der Waals surface area contributed by atoms with Gasteiger partial charge in [-0.05, 0) is 20.8 Å². The lowest BCUT2D eigenvalue weighted by Crippen LogP contribution is -2.40. The summed E-state index contributed by atoms with van der Waals surface area (Å²) in [7, 11) is 3.41. The largest absolute Gasteiger partial charge is 0.332 e. The van der Waals surface area contributed by atoms with Crippen LogP contribution < -0.4 is 16.3 Å². The molecule has 122 valence electrons. The van der Waals surface area contributed by atoms with E-state index in [0.29, 0.717) is 17.1 Å². The lowest BCUT2D eigenvalue weighted by molar-refractivity contribution is 0.643. The average Bonchev–Trinajstić information content (AvgIpc) is 2.92. The van der Waals surface area contributed by atoms with Crippen LogP contribution in [0.25, 0.3) is 11.2 Å². The van der Waals surface area contributed by atoms with Crippen LogP contribution in [-0.2, 0) is 13.6 Å². The minimum absolute atomic E-state index is 0.0911. The molecule has 0 unspecified atom stereocenters. The molecular weight excluding hydrogens is 296 g/mol. The van der Waals surface area contributed by atoms with Crippen LogP contribution in [0.5, 0.6) is 0 Å². The van der Waals surface area contributed by atoms with E-state index in [2.05, 4.69) is 10.1 Å². The molecule has 23 heavy (non-hydrogen) atoms. The molecule has 0 fully saturated rings. The highest BCUT2D eigenvalue weighted by atomic mass is 16.2. The van der Waals surface area contributed by atoms with E-state index in [4.69, 9.17) is 0 Å². The number of imidazole rings is 1. The number of hydrogen-bond acceptors (Lipinski definition) is 5. The predicted molar refractivity (Wildman–Crippen MR) is 90.3 cm³/mol. The number of rotatable bonds is 2. The van der Waals surface area contributed by atoms with E-state index in [1.165, 1.54) is 9.13 Å². The van der Waals surface area contributed by atoms with Gasteiger partial charge in [0.2, 0.25) is 5.95 Å². The molecule has 0 aliphatic carbocycles. The number of aryl methyl sites for hydroxylation is 1. The number of hydrazone groups is 1. The molecule has 0 N–H and O–H groups in total. The van der Waals surface area contributed by atoms with Gasteiger partial charge in [0.15, 0.2) is 11.2 Å². The summed E-state index contributed by atoms with van der Waals surface area (Å²) in [6, 6.07) is -0.0911. The van der Waals surface area contributed by atoms with Crippen molar-refractivity contribution in [3.05, 3.63) is 33.0 Å². The van der Waals surface area contributed by atoms with E-state index in [1.807, 2.05) is 31.4 Å². The van der Waals surface area contributed by atoms with Gasteiger partial charge in [-0.2, -0.15) is 10.1 Å². The molecule has 0 saturated heterocycles. The second kappa shape index (κ2) is 5.22. The second-order valence-corrected chi connectivity index (χ2v) is 5.72. The van der Waals surface area contributed by atoms with Gasteiger partial charge in [-0.15, -0.1) is 0 Å². The first-order valence-electron chi connectivity index (χ1n) is 7.50. The van der Waals surface area contributed by atoms with Crippen molar-refractivity contribution in [3.63, 3.8) is 0 Å². The third kappa shape index (κ3) is 2.05. The molecule has 0 amide bonds. The minimum Gasteiger partial charge on any atom is -0.294 e. The van der Waals surface area contributed by atoms with Crippen LogP contribution in [0.3, 0.4) is 0 Å². The molecule has 8 nitrogen and oxygen atoms in total. The van der Waals surface area contributed by atoms with Gasteiger partial charge in [0, 0.05) is 20.6 Å². The van der Waals surface area contributed by atoms with Gasteiger partial charge >= 0.3 is 5.69 Å². The molecule has 2 aromatic heterocycles. The Morgan fingerprint density at radius 2 is 1.96 bits per heavy atom. The quantitative estimate of drug-likeness (QED) is 0.770. The Labute approximate surface area is 133 Å². The SMILES string of the molecule is C/C=C/Cn1c(=O)c2c(nc3n2[C@H](C)C(C)=NN3C)n(C)c1=O. The summed E-state index contributed by atoms with van der Waals surface area (Å²) in [5.41, 5.74) is 1.00. The van der Waals surface area contributed by atoms with E-state index in [0.717, 1.165) is 5.71 Å². The molecule has 8 heteroatoms. The smallest absolute Gasteiger partial charge is 0.294 e. The maximum Gasteiger partial charge on any atom is 0.332 e. The van der Waals surface area contributed by atoms with Gasteiger partial charge in [0.05, 0.1) is 11.8 Å². The normalized spacial score (nSPS) is 17.9. The van der Waals surface area contributed by atoms with Gasteiger partial charge in [-0.1, -0.05) is 12.2 Å². The number of hydrogen-bond donors (Lipinski definition) is 0. The molecule has 0 radical (unpaired) electrons. The molecular formula is C15H20N6O2. The Kier molecular flexibility index (Phi) is 3.46. The van der Waals surface area contributed by atoms with Crippen LogP contribution in [0.2, 0.25) is 0 Å². The first-order chi connectivity index (χ1) is 10.9. The molecule has 3 heterocycles. The first-order valence-corrected chi connectivity index (χ1v) is 7.50. The fraction of sp³-hybridized carbons (Fsp3) is 0.467. The lowest BCUT2D eigenvalue weighted by Gasteiger charge is -2.26.